The van der Waals surface area contributed by atoms with E-state index in [1.54, 1.807) is 24.9 Å². The molecule has 3 heterocycles. The number of rotatable bonds is 2. The van der Waals surface area contributed by atoms with Gasteiger partial charge in [0.1, 0.15) is 6.26 Å². The molecule has 1 aliphatic heterocycles. The van der Waals surface area contributed by atoms with Crippen LogP contribution in [0.2, 0.25) is 10.0 Å². The first-order valence-corrected chi connectivity index (χ1v) is 6.94. The summed E-state index contributed by atoms with van der Waals surface area (Å²) in [6.07, 6.45) is 8.54. The summed E-state index contributed by atoms with van der Waals surface area (Å²) in [5, 5.41) is 1.20. The molecule has 0 atom stereocenters. The van der Waals surface area contributed by atoms with Crippen molar-refractivity contribution in [2.24, 2.45) is 0 Å². The summed E-state index contributed by atoms with van der Waals surface area (Å²) in [7, 11) is 0. The van der Waals surface area contributed by atoms with Crippen molar-refractivity contribution in [2.45, 2.75) is 18.8 Å². The second-order valence-electron chi connectivity index (χ2n) is 4.58. The van der Waals surface area contributed by atoms with Gasteiger partial charge in [0.05, 0.1) is 21.9 Å². The Bertz CT molecular complexity index is 531. The minimum Gasteiger partial charge on any atom is -0.449 e. The quantitative estimate of drug-likeness (QED) is 0.846. The molecule has 1 aliphatic rings. The third-order valence-corrected chi connectivity index (χ3v) is 3.99. The van der Waals surface area contributed by atoms with Crippen LogP contribution in [-0.4, -0.2) is 23.1 Å². The highest BCUT2D eigenvalue weighted by molar-refractivity contribution is 6.38. The largest absolute Gasteiger partial charge is 0.449 e. The van der Waals surface area contributed by atoms with Crippen molar-refractivity contribution in [2.75, 3.05) is 18.0 Å². The highest BCUT2D eigenvalue weighted by atomic mass is 35.5. The predicted octanol–water partition coefficient (Wildman–Crippen LogP) is 3.76. The smallest absolute Gasteiger partial charge is 0.197 e. The van der Waals surface area contributed by atoms with Crippen molar-refractivity contribution in [3.05, 3.63) is 40.8 Å². The first-order chi connectivity index (χ1) is 9.25. The van der Waals surface area contributed by atoms with Crippen LogP contribution >= 0.6 is 23.2 Å². The molecule has 1 fully saturated rings. The Kier molecular flexibility index (Phi) is 3.62. The Morgan fingerprint density at radius 2 is 1.84 bits per heavy atom. The van der Waals surface area contributed by atoms with Gasteiger partial charge in [0, 0.05) is 31.4 Å². The Labute approximate surface area is 121 Å². The Hall–Kier alpha value is -1.26. The molecule has 0 radical (unpaired) electrons. The van der Waals surface area contributed by atoms with Gasteiger partial charge < -0.3 is 9.32 Å². The molecule has 2 aromatic rings. The van der Waals surface area contributed by atoms with Crippen molar-refractivity contribution in [1.29, 1.82) is 0 Å². The molecule has 0 aliphatic carbocycles. The van der Waals surface area contributed by atoms with Gasteiger partial charge in [0.25, 0.3) is 0 Å². The summed E-state index contributed by atoms with van der Waals surface area (Å²) >= 11 is 12.4. The van der Waals surface area contributed by atoms with E-state index in [4.69, 9.17) is 27.6 Å². The summed E-state index contributed by atoms with van der Waals surface area (Å²) in [5.41, 5.74) is 0.879. The van der Waals surface area contributed by atoms with Crippen LogP contribution in [0.5, 0.6) is 0 Å². The normalized spacial score (nSPS) is 16.8. The molecule has 0 spiro atoms. The number of pyridine rings is 1. The lowest BCUT2D eigenvalue weighted by molar-refractivity contribution is 0.393. The summed E-state index contributed by atoms with van der Waals surface area (Å²) in [6, 6.07) is 0. The highest BCUT2D eigenvalue weighted by Crippen LogP contribution is 2.36. The van der Waals surface area contributed by atoms with Gasteiger partial charge in [-0.1, -0.05) is 23.2 Å². The van der Waals surface area contributed by atoms with Crippen molar-refractivity contribution < 1.29 is 4.42 Å². The number of aromatic nitrogens is 2. The van der Waals surface area contributed by atoms with Crippen molar-refractivity contribution in [1.82, 2.24) is 9.97 Å². The first kappa shape index (κ1) is 12.8. The fourth-order valence-corrected chi connectivity index (χ4v) is 3.10. The fourth-order valence-electron chi connectivity index (χ4n) is 2.49. The lowest BCUT2D eigenvalue weighted by Crippen LogP contribution is -2.33. The maximum atomic E-state index is 6.18. The molecular weight excluding hydrogens is 285 g/mol. The second kappa shape index (κ2) is 5.39. The first-order valence-electron chi connectivity index (χ1n) is 6.19. The van der Waals surface area contributed by atoms with E-state index in [0.29, 0.717) is 16.0 Å². The van der Waals surface area contributed by atoms with Crippen molar-refractivity contribution >= 4 is 28.9 Å². The van der Waals surface area contributed by atoms with E-state index in [2.05, 4.69) is 14.9 Å². The average molecular weight is 298 g/mol. The monoisotopic (exact) mass is 297 g/mol. The number of nitrogens with zero attached hydrogens (tertiary/aromatic N) is 3. The summed E-state index contributed by atoms with van der Waals surface area (Å²) < 4.78 is 5.37. The minimum absolute atomic E-state index is 0.380. The van der Waals surface area contributed by atoms with Crippen LogP contribution in [-0.2, 0) is 0 Å². The zero-order valence-corrected chi connectivity index (χ0v) is 11.7. The number of hydrogen-bond donors (Lipinski definition) is 0. The zero-order chi connectivity index (χ0) is 13.2. The molecule has 1 saturated heterocycles. The molecule has 3 rings (SSSR count). The summed E-state index contributed by atoms with van der Waals surface area (Å²) in [4.78, 5) is 10.4. The van der Waals surface area contributed by atoms with E-state index in [0.717, 1.165) is 37.5 Å². The van der Waals surface area contributed by atoms with Crippen LogP contribution in [0.25, 0.3) is 0 Å². The van der Waals surface area contributed by atoms with Gasteiger partial charge in [-0.15, -0.1) is 0 Å². The number of oxazole rings is 1. The maximum Gasteiger partial charge on any atom is 0.197 e. The number of hydrogen-bond acceptors (Lipinski definition) is 4. The summed E-state index contributed by atoms with van der Waals surface area (Å²) in [5.74, 6) is 1.21. The van der Waals surface area contributed by atoms with E-state index in [1.807, 2.05) is 0 Å². The van der Waals surface area contributed by atoms with Crippen molar-refractivity contribution in [3.63, 3.8) is 0 Å². The third-order valence-electron chi connectivity index (χ3n) is 3.44. The molecule has 4 nitrogen and oxygen atoms in total. The summed E-state index contributed by atoms with van der Waals surface area (Å²) in [6.45, 7) is 1.77. The van der Waals surface area contributed by atoms with Gasteiger partial charge >= 0.3 is 0 Å². The molecule has 0 N–H and O–H groups in total. The van der Waals surface area contributed by atoms with Crippen LogP contribution in [0.1, 0.15) is 24.7 Å². The standard InChI is InChI=1S/C13H13Cl2N3O/c14-10-7-16-8-11(15)12(10)18-4-1-9(2-5-18)13-17-3-6-19-13/h3,6-9H,1-2,4-5H2. The van der Waals surface area contributed by atoms with Crippen LogP contribution in [0.4, 0.5) is 5.69 Å². The second-order valence-corrected chi connectivity index (χ2v) is 5.40. The lowest BCUT2D eigenvalue weighted by atomic mass is 9.96. The molecule has 2 aromatic heterocycles. The van der Waals surface area contributed by atoms with Crippen LogP contribution in [0, 0.1) is 0 Å². The molecule has 0 aromatic carbocycles. The molecule has 0 amide bonds. The Morgan fingerprint density at radius 1 is 1.16 bits per heavy atom. The van der Waals surface area contributed by atoms with Gasteiger partial charge in [-0.2, -0.15) is 0 Å². The molecule has 19 heavy (non-hydrogen) atoms. The fraction of sp³-hybridized carbons (Fsp3) is 0.385. The number of piperidine rings is 1. The van der Waals surface area contributed by atoms with Crippen LogP contribution in [0.3, 0.4) is 0 Å². The van der Waals surface area contributed by atoms with E-state index in [-0.39, 0.29) is 0 Å². The Morgan fingerprint density at radius 3 is 2.42 bits per heavy atom. The molecule has 100 valence electrons. The van der Waals surface area contributed by atoms with Crippen LogP contribution in [0.15, 0.2) is 29.3 Å². The van der Waals surface area contributed by atoms with Crippen molar-refractivity contribution in [3.8, 4) is 0 Å². The van der Waals surface area contributed by atoms with Gasteiger partial charge in [0.2, 0.25) is 0 Å². The van der Waals surface area contributed by atoms with Gasteiger partial charge in [0.15, 0.2) is 5.89 Å². The molecule has 6 heteroatoms. The topological polar surface area (TPSA) is 42.2 Å². The molecular formula is C13H13Cl2N3O. The average Bonchev–Trinajstić information content (AvgIpc) is 2.93. The number of halogens is 2. The van der Waals surface area contributed by atoms with E-state index in [9.17, 15) is 0 Å². The molecule has 0 bridgehead atoms. The zero-order valence-electron chi connectivity index (χ0n) is 10.2. The maximum absolute atomic E-state index is 6.18. The van der Waals surface area contributed by atoms with Crippen LogP contribution < -0.4 is 4.90 Å². The van der Waals surface area contributed by atoms with E-state index < -0.39 is 0 Å². The SMILES string of the molecule is Clc1cncc(Cl)c1N1CCC(c2ncco2)CC1. The number of anilines is 1. The minimum atomic E-state index is 0.380. The van der Waals surface area contributed by atoms with E-state index in [1.165, 1.54) is 0 Å². The Balaban J connectivity index is 1.74. The highest BCUT2D eigenvalue weighted by Gasteiger charge is 2.25. The van der Waals surface area contributed by atoms with Gasteiger partial charge in [-0.25, -0.2) is 4.98 Å². The van der Waals surface area contributed by atoms with E-state index >= 15 is 0 Å². The predicted molar refractivity (Wildman–Crippen MR) is 74.9 cm³/mol. The lowest BCUT2D eigenvalue weighted by Gasteiger charge is -2.33. The van der Waals surface area contributed by atoms with Gasteiger partial charge in [-0.05, 0) is 12.8 Å². The molecule has 0 saturated carbocycles. The third kappa shape index (κ3) is 2.55. The molecule has 0 unspecified atom stereocenters. The van der Waals surface area contributed by atoms with Gasteiger partial charge in [-0.3, -0.25) is 4.98 Å².